The fourth-order valence-corrected chi connectivity index (χ4v) is 2.71. The molecule has 5 nitrogen and oxygen atoms in total. The third-order valence-electron chi connectivity index (χ3n) is 3.65. The number of anilines is 1. The number of nitrogens with two attached hydrogens (primary N) is 1. The van der Waals surface area contributed by atoms with Crippen LogP contribution in [-0.4, -0.2) is 28.1 Å². The average molecular weight is 287 g/mol. The number of nitrogen functional groups attached to an aromatic ring is 1. The number of amides is 1. The number of fused-ring (bicyclic) bond motifs is 3. The third-order valence-corrected chi connectivity index (χ3v) is 3.65. The Labute approximate surface area is 124 Å². The van der Waals surface area contributed by atoms with Crippen LogP contribution in [0.15, 0.2) is 18.2 Å². The molecule has 0 aliphatic carbocycles. The maximum absolute atomic E-state index is 12.2. The van der Waals surface area contributed by atoms with Gasteiger partial charge in [0.1, 0.15) is 5.60 Å². The van der Waals surface area contributed by atoms with Crippen molar-refractivity contribution >= 4 is 22.7 Å². The van der Waals surface area contributed by atoms with Gasteiger partial charge in [-0.25, -0.2) is 4.79 Å². The summed E-state index contributed by atoms with van der Waals surface area (Å²) in [4.78, 5) is 17.4. The van der Waals surface area contributed by atoms with E-state index in [0.717, 1.165) is 28.6 Å². The van der Waals surface area contributed by atoms with Crippen LogP contribution in [0.2, 0.25) is 0 Å². The molecule has 2 heterocycles. The predicted octanol–water partition coefficient (Wildman–Crippen LogP) is 3.04. The Balaban J connectivity index is 1.89. The fraction of sp³-hybridized carbons (Fsp3) is 0.438. The highest BCUT2D eigenvalue weighted by Gasteiger charge is 2.27. The molecule has 3 N–H and O–H groups in total. The van der Waals surface area contributed by atoms with Gasteiger partial charge < -0.3 is 20.4 Å². The second kappa shape index (κ2) is 4.69. The molecule has 1 aromatic heterocycles. The van der Waals surface area contributed by atoms with E-state index < -0.39 is 5.60 Å². The molecule has 0 spiro atoms. The van der Waals surface area contributed by atoms with E-state index >= 15 is 0 Å². The van der Waals surface area contributed by atoms with Gasteiger partial charge in [-0.15, -0.1) is 0 Å². The number of hydrogen-bond donors (Lipinski definition) is 2. The third kappa shape index (κ3) is 2.68. The molecule has 0 bridgehead atoms. The summed E-state index contributed by atoms with van der Waals surface area (Å²) in [6.45, 7) is 6.88. The van der Waals surface area contributed by atoms with Crippen LogP contribution in [0.3, 0.4) is 0 Å². The minimum absolute atomic E-state index is 0.258. The molecule has 0 unspecified atom stereocenters. The minimum atomic E-state index is -0.470. The van der Waals surface area contributed by atoms with Crippen LogP contribution in [0.25, 0.3) is 10.9 Å². The SMILES string of the molecule is CC(C)(C)OC(=O)N1CCc2[nH]c3ccc(N)cc3c2C1. The molecule has 2 aromatic rings. The summed E-state index contributed by atoms with van der Waals surface area (Å²) in [5, 5.41) is 1.10. The average Bonchev–Trinajstić information content (AvgIpc) is 2.74. The zero-order valence-electron chi connectivity index (χ0n) is 12.7. The Hall–Kier alpha value is -2.17. The van der Waals surface area contributed by atoms with Crippen molar-refractivity contribution in [2.24, 2.45) is 0 Å². The Kier molecular flexibility index (Phi) is 3.08. The minimum Gasteiger partial charge on any atom is -0.444 e. The Morgan fingerprint density at radius 1 is 1.38 bits per heavy atom. The van der Waals surface area contributed by atoms with E-state index in [1.54, 1.807) is 4.90 Å². The van der Waals surface area contributed by atoms with E-state index in [1.807, 2.05) is 39.0 Å². The van der Waals surface area contributed by atoms with Gasteiger partial charge in [-0.05, 0) is 39.0 Å². The summed E-state index contributed by atoms with van der Waals surface area (Å²) >= 11 is 0. The van der Waals surface area contributed by atoms with Crippen LogP contribution in [-0.2, 0) is 17.7 Å². The molecule has 0 radical (unpaired) electrons. The number of carbonyl (C=O) groups is 1. The highest BCUT2D eigenvalue weighted by atomic mass is 16.6. The van der Waals surface area contributed by atoms with Gasteiger partial charge in [0.05, 0.1) is 6.54 Å². The maximum Gasteiger partial charge on any atom is 0.410 e. The predicted molar refractivity (Wildman–Crippen MR) is 83.1 cm³/mol. The van der Waals surface area contributed by atoms with E-state index in [0.29, 0.717) is 13.1 Å². The lowest BCUT2D eigenvalue weighted by Gasteiger charge is -2.30. The van der Waals surface area contributed by atoms with Gasteiger partial charge >= 0.3 is 6.09 Å². The van der Waals surface area contributed by atoms with E-state index in [-0.39, 0.29) is 6.09 Å². The van der Waals surface area contributed by atoms with Gasteiger partial charge in [0.15, 0.2) is 0 Å². The van der Waals surface area contributed by atoms with Crippen LogP contribution in [0.5, 0.6) is 0 Å². The zero-order valence-corrected chi connectivity index (χ0v) is 12.7. The van der Waals surface area contributed by atoms with Crippen molar-refractivity contribution in [2.45, 2.75) is 39.3 Å². The zero-order chi connectivity index (χ0) is 15.2. The van der Waals surface area contributed by atoms with Gasteiger partial charge in [0.25, 0.3) is 0 Å². The molecule has 1 aliphatic rings. The summed E-state index contributed by atoms with van der Waals surface area (Å²) in [5.41, 5.74) is 9.55. The summed E-state index contributed by atoms with van der Waals surface area (Å²) in [7, 11) is 0. The fourth-order valence-electron chi connectivity index (χ4n) is 2.71. The molecule has 112 valence electrons. The molecule has 0 saturated heterocycles. The highest BCUT2D eigenvalue weighted by molar-refractivity contribution is 5.88. The van der Waals surface area contributed by atoms with Gasteiger partial charge in [0, 0.05) is 40.8 Å². The Morgan fingerprint density at radius 3 is 2.86 bits per heavy atom. The van der Waals surface area contributed by atoms with Crippen molar-refractivity contribution in [3.8, 4) is 0 Å². The topological polar surface area (TPSA) is 71.3 Å². The lowest BCUT2D eigenvalue weighted by atomic mass is 10.0. The number of carbonyl (C=O) groups excluding carboxylic acids is 1. The van der Waals surface area contributed by atoms with Gasteiger partial charge in [-0.3, -0.25) is 0 Å². The first kappa shape index (κ1) is 13.8. The van der Waals surface area contributed by atoms with Gasteiger partial charge in [-0.2, -0.15) is 0 Å². The quantitative estimate of drug-likeness (QED) is 0.732. The van der Waals surface area contributed by atoms with Gasteiger partial charge in [-0.1, -0.05) is 0 Å². The molecular weight excluding hydrogens is 266 g/mol. The number of aromatic amines is 1. The van der Waals surface area contributed by atoms with Gasteiger partial charge in [0.2, 0.25) is 0 Å². The van der Waals surface area contributed by atoms with E-state index in [4.69, 9.17) is 10.5 Å². The van der Waals surface area contributed by atoms with Crippen molar-refractivity contribution in [3.05, 3.63) is 29.5 Å². The maximum atomic E-state index is 12.2. The highest BCUT2D eigenvalue weighted by Crippen LogP contribution is 2.29. The molecule has 5 heteroatoms. The number of benzene rings is 1. The van der Waals surface area contributed by atoms with Crippen LogP contribution < -0.4 is 5.73 Å². The van der Waals surface area contributed by atoms with Crippen LogP contribution >= 0.6 is 0 Å². The van der Waals surface area contributed by atoms with Crippen LogP contribution in [0.4, 0.5) is 10.5 Å². The first-order valence-electron chi connectivity index (χ1n) is 7.20. The summed E-state index contributed by atoms with van der Waals surface area (Å²) in [5.74, 6) is 0. The van der Waals surface area contributed by atoms with E-state index in [1.165, 1.54) is 5.69 Å². The first-order valence-corrected chi connectivity index (χ1v) is 7.20. The molecule has 1 aromatic carbocycles. The monoisotopic (exact) mass is 287 g/mol. The second-order valence-electron chi connectivity index (χ2n) is 6.54. The number of ether oxygens (including phenoxy) is 1. The first-order chi connectivity index (χ1) is 9.83. The lowest BCUT2D eigenvalue weighted by Crippen LogP contribution is -2.39. The van der Waals surface area contributed by atoms with Crippen LogP contribution in [0.1, 0.15) is 32.0 Å². The molecule has 1 aliphatic heterocycles. The van der Waals surface area contributed by atoms with Crippen molar-refractivity contribution in [1.29, 1.82) is 0 Å². The second-order valence-corrected chi connectivity index (χ2v) is 6.54. The molecule has 0 atom stereocenters. The molecule has 21 heavy (non-hydrogen) atoms. The normalized spacial score (nSPS) is 15.1. The molecule has 0 saturated carbocycles. The summed E-state index contributed by atoms with van der Waals surface area (Å²) < 4.78 is 5.46. The van der Waals surface area contributed by atoms with Crippen molar-refractivity contribution < 1.29 is 9.53 Å². The smallest absolute Gasteiger partial charge is 0.410 e. The van der Waals surface area contributed by atoms with E-state index in [2.05, 4.69) is 4.98 Å². The number of H-pyrrole nitrogens is 1. The van der Waals surface area contributed by atoms with Crippen molar-refractivity contribution in [1.82, 2.24) is 9.88 Å². The molecule has 3 rings (SSSR count). The van der Waals surface area contributed by atoms with Crippen LogP contribution in [0, 0.1) is 0 Å². The molecule has 0 fully saturated rings. The van der Waals surface area contributed by atoms with E-state index in [9.17, 15) is 4.79 Å². The largest absolute Gasteiger partial charge is 0.444 e. The standard InChI is InChI=1S/C16H21N3O2/c1-16(2,3)21-15(20)19-7-6-14-12(9-19)11-8-10(17)4-5-13(11)18-14/h4-5,8,18H,6-7,9,17H2,1-3H3. The summed E-state index contributed by atoms with van der Waals surface area (Å²) in [6.07, 6.45) is 0.551. The van der Waals surface area contributed by atoms with Crippen molar-refractivity contribution in [3.63, 3.8) is 0 Å². The number of nitrogens with one attached hydrogen (secondary N) is 1. The van der Waals surface area contributed by atoms with Crippen molar-refractivity contribution in [2.75, 3.05) is 12.3 Å². The summed E-state index contributed by atoms with van der Waals surface area (Å²) in [6, 6.07) is 5.83. The number of nitrogens with zero attached hydrogens (tertiary/aromatic N) is 1. The Morgan fingerprint density at radius 2 is 2.14 bits per heavy atom. The number of rotatable bonds is 0. The Bertz CT molecular complexity index is 697. The number of aromatic nitrogens is 1. The number of hydrogen-bond acceptors (Lipinski definition) is 3. The lowest BCUT2D eigenvalue weighted by molar-refractivity contribution is 0.0224. The molecule has 1 amide bonds. The molecular formula is C16H21N3O2.